The maximum atomic E-state index is 6.49. The smallest absolute Gasteiger partial charge is 0.164 e. The average molecular weight is 656 g/mol. The summed E-state index contributed by atoms with van der Waals surface area (Å²) in [5.74, 6) is 3.71. The summed E-state index contributed by atoms with van der Waals surface area (Å²) in [5, 5.41) is 0. The van der Waals surface area contributed by atoms with Gasteiger partial charge in [-0.2, -0.15) is 0 Å². The molecule has 0 amide bonds. The Kier molecular flexibility index (Phi) is 7.55. The van der Waals surface area contributed by atoms with Crippen LogP contribution in [0.3, 0.4) is 0 Å². The molecule has 1 aliphatic rings. The lowest BCUT2D eigenvalue weighted by Gasteiger charge is -2.38. The highest BCUT2D eigenvalue weighted by Crippen LogP contribution is 2.52. The Balaban J connectivity index is 1.11. The summed E-state index contributed by atoms with van der Waals surface area (Å²) in [6.45, 7) is 2.31. The van der Waals surface area contributed by atoms with E-state index in [0.29, 0.717) is 17.5 Å². The fourth-order valence-corrected chi connectivity index (χ4v) is 7.16. The van der Waals surface area contributed by atoms with Crippen molar-refractivity contribution >= 4 is 0 Å². The zero-order valence-corrected chi connectivity index (χ0v) is 28.1. The normalized spacial score (nSPS) is 14.6. The van der Waals surface area contributed by atoms with Crippen LogP contribution in [0.1, 0.15) is 23.6 Å². The second kappa shape index (κ2) is 12.7. The minimum Gasteiger partial charge on any atom is -0.457 e. The first-order valence-corrected chi connectivity index (χ1v) is 17.2. The zero-order valence-electron chi connectivity index (χ0n) is 28.1. The molecule has 0 saturated heterocycles. The van der Waals surface area contributed by atoms with E-state index >= 15 is 0 Å². The van der Waals surface area contributed by atoms with Gasteiger partial charge in [0, 0.05) is 33.2 Å². The van der Waals surface area contributed by atoms with Gasteiger partial charge in [0.2, 0.25) is 0 Å². The number of nitrogens with zero attached hydrogens (tertiary/aromatic N) is 3. The number of rotatable bonds is 6. The summed E-state index contributed by atoms with van der Waals surface area (Å²) < 4.78 is 6.49. The van der Waals surface area contributed by atoms with Crippen molar-refractivity contribution in [1.29, 1.82) is 0 Å². The lowest BCUT2D eigenvalue weighted by molar-refractivity contribution is 0.427. The Hall–Kier alpha value is -6.65. The molecule has 1 unspecified atom stereocenters. The molecule has 2 heterocycles. The van der Waals surface area contributed by atoms with Gasteiger partial charge in [0.05, 0.1) is 0 Å². The third-order valence-corrected chi connectivity index (χ3v) is 9.86. The van der Waals surface area contributed by atoms with Crippen LogP contribution in [0.4, 0.5) is 0 Å². The summed E-state index contributed by atoms with van der Waals surface area (Å²) in [6, 6.07) is 63.0. The molecule has 242 valence electrons. The van der Waals surface area contributed by atoms with Gasteiger partial charge >= 0.3 is 0 Å². The van der Waals surface area contributed by atoms with Crippen LogP contribution in [-0.4, -0.2) is 15.0 Å². The molecular formula is C47H33N3O. The number of benzene rings is 7. The maximum absolute atomic E-state index is 6.49. The highest BCUT2D eigenvalue weighted by molar-refractivity contribution is 5.78. The first kappa shape index (κ1) is 30.4. The largest absolute Gasteiger partial charge is 0.457 e. The summed E-state index contributed by atoms with van der Waals surface area (Å²) in [6.07, 6.45) is 0. The Morgan fingerprint density at radius 2 is 0.784 bits per heavy atom. The zero-order chi connectivity index (χ0) is 34.2. The van der Waals surface area contributed by atoms with Crippen LogP contribution in [0.15, 0.2) is 182 Å². The van der Waals surface area contributed by atoms with Crippen molar-refractivity contribution in [3.8, 4) is 67.9 Å². The molecule has 1 atom stereocenters. The van der Waals surface area contributed by atoms with Crippen LogP contribution in [0.5, 0.6) is 11.5 Å². The van der Waals surface area contributed by atoms with Crippen molar-refractivity contribution in [2.24, 2.45) is 0 Å². The predicted molar refractivity (Wildman–Crippen MR) is 206 cm³/mol. The third kappa shape index (κ3) is 5.57. The Morgan fingerprint density at radius 3 is 1.39 bits per heavy atom. The van der Waals surface area contributed by atoms with Gasteiger partial charge in [0.15, 0.2) is 17.5 Å². The van der Waals surface area contributed by atoms with E-state index in [1.54, 1.807) is 0 Å². The molecular weight excluding hydrogens is 623 g/mol. The number of aromatic nitrogens is 3. The molecule has 0 aliphatic carbocycles. The van der Waals surface area contributed by atoms with E-state index in [-0.39, 0.29) is 5.41 Å². The predicted octanol–water partition coefficient (Wildman–Crippen LogP) is 11.7. The average Bonchev–Trinajstić information content (AvgIpc) is 3.22. The van der Waals surface area contributed by atoms with Crippen molar-refractivity contribution in [2.75, 3.05) is 0 Å². The van der Waals surface area contributed by atoms with Gasteiger partial charge in [-0.1, -0.05) is 152 Å². The monoisotopic (exact) mass is 655 g/mol. The molecule has 4 nitrogen and oxygen atoms in total. The standard InChI is InChI=1S/C47H33N3O/c1-47(39-23-9-4-10-24-39)40-25-11-12-26-42(40)51-43-28-27-37(31-41(43)47)35-20-13-19-34(29-35)36-21-14-22-38(30-36)46-49-44(32-15-5-2-6-16-32)48-45(50-46)33-17-7-3-8-18-33/h2-31H,1H3. The van der Waals surface area contributed by atoms with Crippen molar-refractivity contribution in [3.05, 3.63) is 199 Å². The fraction of sp³-hybridized carbons (Fsp3) is 0.0426. The number of ether oxygens (including phenoxy) is 1. The molecule has 7 aromatic carbocycles. The quantitative estimate of drug-likeness (QED) is 0.179. The van der Waals surface area contributed by atoms with Crippen molar-refractivity contribution in [3.63, 3.8) is 0 Å². The molecule has 9 rings (SSSR count). The van der Waals surface area contributed by atoms with E-state index < -0.39 is 0 Å². The molecule has 0 N–H and O–H groups in total. The molecule has 0 saturated carbocycles. The number of hydrogen-bond acceptors (Lipinski definition) is 4. The Bertz CT molecular complexity index is 2460. The molecule has 1 aliphatic heterocycles. The molecule has 8 aromatic rings. The molecule has 0 radical (unpaired) electrons. The second-order valence-electron chi connectivity index (χ2n) is 13.0. The first-order valence-electron chi connectivity index (χ1n) is 17.2. The van der Waals surface area contributed by atoms with Crippen LogP contribution >= 0.6 is 0 Å². The highest BCUT2D eigenvalue weighted by atomic mass is 16.5. The van der Waals surface area contributed by atoms with Gasteiger partial charge in [-0.25, -0.2) is 15.0 Å². The maximum Gasteiger partial charge on any atom is 0.164 e. The van der Waals surface area contributed by atoms with Gasteiger partial charge in [0.1, 0.15) is 11.5 Å². The SMILES string of the molecule is CC1(c2ccccc2)c2ccccc2Oc2ccc(-c3cccc(-c4cccc(-c5nc(-c6ccccc6)nc(-c6ccccc6)n5)c4)c3)cc21. The summed E-state index contributed by atoms with van der Waals surface area (Å²) in [7, 11) is 0. The Morgan fingerprint density at radius 1 is 0.353 bits per heavy atom. The van der Waals surface area contributed by atoms with Crippen molar-refractivity contribution in [1.82, 2.24) is 15.0 Å². The molecule has 0 bridgehead atoms. The van der Waals surface area contributed by atoms with Crippen LogP contribution in [0, 0.1) is 0 Å². The summed E-state index contributed by atoms with van der Waals surface area (Å²) in [4.78, 5) is 14.8. The molecule has 51 heavy (non-hydrogen) atoms. The van der Waals surface area contributed by atoms with Gasteiger partial charge in [-0.05, 0) is 65.1 Å². The number of hydrogen-bond donors (Lipinski definition) is 0. The molecule has 0 spiro atoms. The minimum atomic E-state index is -0.380. The first-order chi connectivity index (χ1) is 25.1. The summed E-state index contributed by atoms with van der Waals surface area (Å²) in [5.41, 5.74) is 10.4. The molecule has 4 heteroatoms. The molecule has 0 fully saturated rings. The van der Waals surface area contributed by atoms with Gasteiger partial charge in [-0.15, -0.1) is 0 Å². The van der Waals surface area contributed by atoms with Crippen LogP contribution in [0.2, 0.25) is 0 Å². The highest BCUT2D eigenvalue weighted by Gasteiger charge is 2.39. The number of para-hydroxylation sites is 1. The topological polar surface area (TPSA) is 47.9 Å². The van der Waals surface area contributed by atoms with E-state index in [2.05, 4.69) is 122 Å². The Labute approximate surface area is 297 Å². The van der Waals surface area contributed by atoms with E-state index in [1.807, 2.05) is 66.7 Å². The van der Waals surface area contributed by atoms with E-state index in [1.165, 1.54) is 5.56 Å². The minimum absolute atomic E-state index is 0.380. The number of fused-ring (bicyclic) bond motifs is 2. The van der Waals surface area contributed by atoms with E-state index in [9.17, 15) is 0 Å². The van der Waals surface area contributed by atoms with Crippen LogP contribution in [0.25, 0.3) is 56.4 Å². The fourth-order valence-electron chi connectivity index (χ4n) is 7.16. The molecule has 1 aromatic heterocycles. The van der Waals surface area contributed by atoms with E-state index in [4.69, 9.17) is 19.7 Å². The lowest BCUT2D eigenvalue weighted by Crippen LogP contribution is -2.29. The van der Waals surface area contributed by atoms with Crippen molar-refractivity contribution in [2.45, 2.75) is 12.3 Å². The van der Waals surface area contributed by atoms with Crippen LogP contribution < -0.4 is 4.74 Å². The summed E-state index contributed by atoms with van der Waals surface area (Å²) >= 11 is 0. The van der Waals surface area contributed by atoms with Gasteiger partial charge in [0.25, 0.3) is 0 Å². The van der Waals surface area contributed by atoms with Crippen LogP contribution in [-0.2, 0) is 5.41 Å². The lowest BCUT2D eigenvalue weighted by atomic mass is 9.69. The van der Waals surface area contributed by atoms with E-state index in [0.717, 1.165) is 61.6 Å². The second-order valence-corrected chi connectivity index (χ2v) is 13.0. The van der Waals surface area contributed by atoms with Crippen molar-refractivity contribution < 1.29 is 4.74 Å². The third-order valence-electron chi connectivity index (χ3n) is 9.86. The van der Waals surface area contributed by atoms with Gasteiger partial charge < -0.3 is 4.74 Å². The van der Waals surface area contributed by atoms with Gasteiger partial charge in [-0.3, -0.25) is 0 Å².